The molecule has 2 aromatic rings. The van der Waals surface area contributed by atoms with Crippen LogP contribution in [0.25, 0.3) is 21.8 Å². The predicted octanol–water partition coefficient (Wildman–Crippen LogP) is 4.64. The fourth-order valence-electron chi connectivity index (χ4n) is 2.69. The van der Waals surface area contributed by atoms with Gasteiger partial charge < -0.3 is 0 Å². The summed E-state index contributed by atoms with van der Waals surface area (Å²) >= 11 is 0. The van der Waals surface area contributed by atoms with Crippen LogP contribution in [0, 0.1) is 0 Å². The maximum atomic E-state index is 3.90. The zero-order chi connectivity index (χ0) is 13.2. The Bertz CT molecular complexity index is 664. The first kappa shape index (κ1) is 12.3. The van der Waals surface area contributed by atoms with E-state index in [0.717, 1.165) is 11.5 Å². The largest absolute Gasteiger partial charge is 0.164 e. The molecule has 0 fully saturated rings. The van der Waals surface area contributed by atoms with Crippen molar-refractivity contribution in [3.05, 3.63) is 72.8 Å². The molecule has 1 aliphatic rings. The summed E-state index contributed by atoms with van der Waals surface area (Å²) in [6, 6.07) is 13.1. The maximum Gasteiger partial charge on any atom is 0.164 e. The van der Waals surface area contributed by atoms with Crippen molar-refractivity contribution in [3.63, 3.8) is 0 Å². The topological polar surface area (TPSA) is 0 Å². The van der Waals surface area contributed by atoms with Gasteiger partial charge in [-0.2, -0.15) is 0 Å². The molecule has 0 saturated heterocycles. The lowest BCUT2D eigenvalue weighted by atomic mass is 10.0. The van der Waals surface area contributed by atoms with Gasteiger partial charge in [-0.25, -0.2) is 0 Å². The van der Waals surface area contributed by atoms with Crippen LogP contribution in [0.1, 0.15) is 11.1 Å². The molecule has 1 heteroatoms. The molecule has 0 aliphatic heterocycles. The Kier molecular flexibility index (Phi) is 3.31. The highest BCUT2D eigenvalue weighted by atomic mass is 32.2. The molecule has 0 spiro atoms. The molecule has 0 radical (unpaired) electrons. The third-order valence-electron chi connectivity index (χ3n) is 3.44. The van der Waals surface area contributed by atoms with Crippen molar-refractivity contribution in [3.8, 4) is 0 Å². The van der Waals surface area contributed by atoms with Crippen molar-refractivity contribution >= 4 is 32.6 Å². The van der Waals surface area contributed by atoms with Crippen LogP contribution in [0.5, 0.6) is 0 Å². The Balaban J connectivity index is 2.14. The summed E-state index contributed by atoms with van der Waals surface area (Å²) in [7, 11) is 0.192. The second-order valence-electron chi connectivity index (χ2n) is 4.66. The number of hydrogen-bond acceptors (Lipinski definition) is 0. The average molecular weight is 265 g/mol. The lowest BCUT2D eigenvalue weighted by Gasteiger charge is -2.07. The van der Waals surface area contributed by atoms with Crippen LogP contribution < -0.4 is 0 Å². The number of benzene rings is 2. The van der Waals surface area contributed by atoms with Gasteiger partial charge >= 0.3 is 0 Å². The minimum atomic E-state index is 0.192. The number of rotatable bonds is 5. The molecule has 0 saturated carbocycles. The van der Waals surface area contributed by atoms with Gasteiger partial charge in [0.25, 0.3) is 0 Å². The van der Waals surface area contributed by atoms with E-state index in [2.05, 4.69) is 55.6 Å². The molecule has 3 rings (SSSR count). The molecular formula is C18H17S+. The second kappa shape index (κ2) is 5.10. The molecule has 0 unspecified atom stereocenters. The average Bonchev–Trinajstić information content (AvgIpc) is 2.80. The van der Waals surface area contributed by atoms with E-state index < -0.39 is 0 Å². The van der Waals surface area contributed by atoms with E-state index in [-0.39, 0.29) is 10.9 Å². The fourth-order valence-corrected chi connectivity index (χ4v) is 4.52. The maximum absolute atomic E-state index is 3.90. The van der Waals surface area contributed by atoms with Crippen LogP contribution >= 0.6 is 0 Å². The smallest absolute Gasteiger partial charge is 0.0984 e. The standard InChI is InChI=1S/C18H17S/c1-3-11-19(12-4-2)17-13-15-9-5-7-14-8-6-10-16(17)18(14)15/h3-10,13H,1-2,11-12H2/q+1. The summed E-state index contributed by atoms with van der Waals surface area (Å²) in [5, 5.41) is 2.74. The summed E-state index contributed by atoms with van der Waals surface area (Å²) in [6.45, 7) is 7.80. The summed E-state index contributed by atoms with van der Waals surface area (Å²) in [5.74, 6) is 2.06. The van der Waals surface area contributed by atoms with Gasteiger partial charge in [0.15, 0.2) is 4.91 Å². The van der Waals surface area contributed by atoms with Gasteiger partial charge in [-0.1, -0.05) is 43.5 Å². The Morgan fingerprint density at radius 1 is 0.947 bits per heavy atom. The lowest BCUT2D eigenvalue weighted by molar-refractivity contribution is 1.69. The summed E-state index contributed by atoms with van der Waals surface area (Å²) in [4.78, 5) is 1.46. The Hall–Kier alpha value is -1.73. The molecule has 0 atom stereocenters. The van der Waals surface area contributed by atoms with E-state index in [9.17, 15) is 0 Å². The first-order chi connectivity index (χ1) is 9.35. The van der Waals surface area contributed by atoms with Crippen molar-refractivity contribution in [2.45, 2.75) is 0 Å². The number of hydrogen-bond donors (Lipinski definition) is 0. The molecule has 0 heterocycles. The van der Waals surface area contributed by atoms with E-state index in [1.54, 1.807) is 0 Å². The molecule has 0 aromatic heterocycles. The third-order valence-corrected chi connectivity index (χ3v) is 5.67. The molecule has 0 N–H and O–H groups in total. The summed E-state index contributed by atoms with van der Waals surface area (Å²) in [5.41, 5.74) is 2.76. The second-order valence-corrected chi connectivity index (χ2v) is 6.76. The summed E-state index contributed by atoms with van der Waals surface area (Å²) < 4.78 is 0. The van der Waals surface area contributed by atoms with E-state index in [1.807, 2.05) is 12.2 Å². The normalized spacial score (nSPS) is 12.8. The van der Waals surface area contributed by atoms with Crippen molar-refractivity contribution in [1.29, 1.82) is 0 Å². The predicted molar refractivity (Wildman–Crippen MR) is 89.3 cm³/mol. The molecule has 0 nitrogen and oxygen atoms in total. The van der Waals surface area contributed by atoms with E-state index in [1.165, 1.54) is 26.8 Å². The van der Waals surface area contributed by atoms with Gasteiger partial charge in [-0.3, -0.25) is 0 Å². The van der Waals surface area contributed by atoms with E-state index >= 15 is 0 Å². The van der Waals surface area contributed by atoms with Crippen LogP contribution in [-0.2, 0) is 10.9 Å². The highest BCUT2D eigenvalue weighted by Gasteiger charge is 2.29. The first-order valence-electron chi connectivity index (χ1n) is 6.48. The Labute approximate surface area is 117 Å². The Morgan fingerprint density at radius 2 is 1.63 bits per heavy atom. The van der Waals surface area contributed by atoms with Gasteiger partial charge in [-0.15, -0.1) is 0 Å². The van der Waals surface area contributed by atoms with Crippen molar-refractivity contribution in [2.75, 3.05) is 11.5 Å². The third kappa shape index (κ3) is 2.04. The van der Waals surface area contributed by atoms with E-state index in [4.69, 9.17) is 0 Å². The van der Waals surface area contributed by atoms with Crippen LogP contribution in [0.2, 0.25) is 0 Å². The molecule has 0 amide bonds. The van der Waals surface area contributed by atoms with E-state index in [0.29, 0.717) is 0 Å². The summed E-state index contributed by atoms with van der Waals surface area (Å²) in [6.07, 6.45) is 6.40. The molecule has 94 valence electrons. The van der Waals surface area contributed by atoms with Gasteiger partial charge in [0.2, 0.25) is 0 Å². The monoisotopic (exact) mass is 265 g/mol. The Morgan fingerprint density at radius 3 is 2.32 bits per heavy atom. The molecular weight excluding hydrogens is 248 g/mol. The van der Waals surface area contributed by atoms with Crippen LogP contribution in [0.15, 0.2) is 61.7 Å². The molecule has 1 aliphatic carbocycles. The minimum Gasteiger partial charge on any atom is -0.0984 e. The SMILES string of the molecule is C=CC[S+](CC=C)C1=Cc2cccc3cccc1c23. The fraction of sp³-hybridized carbons (Fsp3) is 0.111. The highest BCUT2D eigenvalue weighted by molar-refractivity contribution is 8.06. The van der Waals surface area contributed by atoms with Crippen molar-refractivity contribution in [1.82, 2.24) is 0 Å². The van der Waals surface area contributed by atoms with Crippen molar-refractivity contribution < 1.29 is 0 Å². The molecule has 19 heavy (non-hydrogen) atoms. The van der Waals surface area contributed by atoms with Gasteiger partial charge in [0.1, 0.15) is 11.5 Å². The lowest BCUT2D eigenvalue weighted by Crippen LogP contribution is -2.10. The quantitative estimate of drug-likeness (QED) is 0.545. The molecule has 2 aromatic carbocycles. The van der Waals surface area contributed by atoms with Crippen LogP contribution in [0.4, 0.5) is 0 Å². The van der Waals surface area contributed by atoms with Gasteiger partial charge in [-0.05, 0) is 29.2 Å². The zero-order valence-corrected chi connectivity index (χ0v) is 11.7. The van der Waals surface area contributed by atoms with Gasteiger partial charge in [0.05, 0.1) is 0 Å². The zero-order valence-electron chi connectivity index (χ0n) is 10.9. The first-order valence-corrected chi connectivity index (χ1v) is 8.04. The minimum absolute atomic E-state index is 0.192. The van der Waals surface area contributed by atoms with Gasteiger partial charge in [0, 0.05) is 27.9 Å². The van der Waals surface area contributed by atoms with Crippen molar-refractivity contribution in [2.24, 2.45) is 0 Å². The highest BCUT2D eigenvalue weighted by Crippen LogP contribution is 2.40. The van der Waals surface area contributed by atoms with Crippen LogP contribution in [-0.4, -0.2) is 11.5 Å². The van der Waals surface area contributed by atoms with Crippen LogP contribution in [0.3, 0.4) is 0 Å². The molecule has 0 bridgehead atoms.